The molecule has 1 aliphatic heterocycles. The fraction of sp³-hybridized carbons (Fsp3) is 0.333. The van der Waals surface area contributed by atoms with Crippen LogP contribution in [0.2, 0.25) is 0 Å². The quantitative estimate of drug-likeness (QED) is 0.667. The highest BCUT2D eigenvalue weighted by Gasteiger charge is 2.29. The monoisotopic (exact) mass is 389 g/mol. The summed E-state index contributed by atoms with van der Waals surface area (Å²) in [5, 5.41) is 4.81. The number of para-hydroxylation sites is 1. The minimum Gasteiger partial charge on any atom is -0.372 e. The lowest BCUT2D eigenvalue weighted by molar-refractivity contribution is -0.0588. The Kier molecular flexibility index (Phi) is 5.24. The van der Waals surface area contributed by atoms with Crippen LogP contribution in [0.1, 0.15) is 35.5 Å². The van der Waals surface area contributed by atoms with Gasteiger partial charge < -0.3 is 9.64 Å². The van der Waals surface area contributed by atoms with Crippen LogP contribution in [0.5, 0.6) is 0 Å². The topological polar surface area (TPSA) is 47.4 Å². The Labute approximate surface area is 171 Å². The first kappa shape index (κ1) is 19.4. The third-order valence-electron chi connectivity index (χ3n) is 5.44. The summed E-state index contributed by atoms with van der Waals surface area (Å²) in [7, 11) is 0. The van der Waals surface area contributed by atoms with Crippen LogP contribution in [-0.2, 0) is 4.74 Å². The molecule has 1 saturated heterocycles. The molecular formula is C24H27N3O2. The largest absolute Gasteiger partial charge is 0.372 e. The first-order chi connectivity index (χ1) is 13.9. The average Bonchev–Trinajstić information content (AvgIpc) is 3.15. The molecule has 1 aromatic heterocycles. The van der Waals surface area contributed by atoms with Crippen molar-refractivity contribution >= 4 is 5.91 Å². The number of aromatic nitrogens is 2. The van der Waals surface area contributed by atoms with Crippen LogP contribution in [0.4, 0.5) is 0 Å². The molecule has 0 aliphatic carbocycles. The number of nitrogens with zero attached hydrogens (tertiary/aromatic N) is 3. The molecule has 2 heterocycles. The van der Waals surface area contributed by atoms with E-state index in [-0.39, 0.29) is 18.1 Å². The second-order valence-corrected chi connectivity index (χ2v) is 7.93. The molecule has 1 amide bonds. The highest BCUT2D eigenvalue weighted by molar-refractivity contribution is 5.94. The molecule has 0 radical (unpaired) electrons. The number of hydrogen-bond donors (Lipinski definition) is 0. The second kappa shape index (κ2) is 7.84. The van der Waals surface area contributed by atoms with Crippen LogP contribution in [0, 0.1) is 13.8 Å². The maximum Gasteiger partial charge on any atom is 0.272 e. The smallest absolute Gasteiger partial charge is 0.272 e. The van der Waals surface area contributed by atoms with Gasteiger partial charge in [0, 0.05) is 18.7 Å². The summed E-state index contributed by atoms with van der Waals surface area (Å²) in [5.74, 6) is -0.0153. The van der Waals surface area contributed by atoms with Crippen LogP contribution >= 0.6 is 0 Å². The molecule has 2 aromatic carbocycles. The van der Waals surface area contributed by atoms with Gasteiger partial charge in [0.1, 0.15) is 5.69 Å². The third-order valence-corrected chi connectivity index (χ3v) is 5.44. The van der Waals surface area contributed by atoms with Gasteiger partial charge in [-0.15, -0.1) is 0 Å². The molecule has 2 atom stereocenters. The molecule has 5 heteroatoms. The van der Waals surface area contributed by atoms with E-state index in [2.05, 4.69) is 32.0 Å². The van der Waals surface area contributed by atoms with Crippen LogP contribution in [-0.4, -0.2) is 45.9 Å². The van der Waals surface area contributed by atoms with E-state index in [1.54, 1.807) is 4.68 Å². The Balaban J connectivity index is 1.78. The van der Waals surface area contributed by atoms with Crippen LogP contribution in [0.25, 0.3) is 16.9 Å². The number of morpholine rings is 1. The zero-order valence-corrected chi connectivity index (χ0v) is 17.4. The summed E-state index contributed by atoms with van der Waals surface area (Å²) in [6.07, 6.45) is 0.0463. The Morgan fingerprint density at radius 3 is 2.31 bits per heavy atom. The minimum atomic E-state index is -0.0153. The van der Waals surface area contributed by atoms with E-state index in [0.717, 1.165) is 16.9 Å². The normalized spacial score (nSPS) is 19.4. The second-order valence-electron chi connectivity index (χ2n) is 7.93. The highest BCUT2D eigenvalue weighted by Crippen LogP contribution is 2.25. The molecular weight excluding hydrogens is 362 g/mol. The zero-order chi connectivity index (χ0) is 20.5. The summed E-state index contributed by atoms with van der Waals surface area (Å²) in [6.45, 7) is 9.37. The van der Waals surface area contributed by atoms with Crippen LogP contribution < -0.4 is 0 Å². The number of aryl methyl sites for hydroxylation is 2. The number of carbonyl (C=O) groups excluding carboxylic acids is 1. The van der Waals surface area contributed by atoms with Gasteiger partial charge in [0.15, 0.2) is 0 Å². The van der Waals surface area contributed by atoms with Crippen molar-refractivity contribution in [3.63, 3.8) is 0 Å². The van der Waals surface area contributed by atoms with E-state index in [1.807, 2.05) is 55.1 Å². The molecule has 29 heavy (non-hydrogen) atoms. The highest BCUT2D eigenvalue weighted by atomic mass is 16.5. The van der Waals surface area contributed by atoms with Crippen molar-refractivity contribution in [1.82, 2.24) is 14.7 Å². The SMILES string of the molecule is Cc1ccc(-c2cc(C(=O)N3CC(C)OC(C)C3)n(-c3ccccc3)n2)cc1C. The van der Waals surface area contributed by atoms with Crippen molar-refractivity contribution in [2.75, 3.05) is 13.1 Å². The predicted molar refractivity (Wildman–Crippen MR) is 114 cm³/mol. The molecule has 0 N–H and O–H groups in total. The van der Waals surface area contributed by atoms with Crippen molar-refractivity contribution in [3.8, 4) is 16.9 Å². The first-order valence-corrected chi connectivity index (χ1v) is 10.1. The van der Waals surface area contributed by atoms with E-state index in [0.29, 0.717) is 18.8 Å². The minimum absolute atomic E-state index is 0.0153. The maximum absolute atomic E-state index is 13.5. The van der Waals surface area contributed by atoms with E-state index < -0.39 is 0 Å². The van der Waals surface area contributed by atoms with Gasteiger partial charge in [0.2, 0.25) is 0 Å². The molecule has 0 spiro atoms. The van der Waals surface area contributed by atoms with E-state index >= 15 is 0 Å². The molecule has 3 aromatic rings. The van der Waals surface area contributed by atoms with Crippen LogP contribution in [0.3, 0.4) is 0 Å². The summed E-state index contributed by atoms with van der Waals surface area (Å²) >= 11 is 0. The van der Waals surface area contributed by atoms with E-state index in [1.165, 1.54) is 11.1 Å². The number of hydrogen-bond acceptors (Lipinski definition) is 3. The average molecular weight is 389 g/mol. The lowest BCUT2D eigenvalue weighted by Gasteiger charge is -2.35. The molecule has 5 nitrogen and oxygen atoms in total. The number of ether oxygens (including phenoxy) is 1. The van der Waals surface area contributed by atoms with Crippen molar-refractivity contribution < 1.29 is 9.53 Å². The van der Waals surface area contributed by atoms with Gasteiger partial charge in [0.25, 0.3) is 5.91 Å². The van der Waals surface area contributed by atoms with E-state index in [4.69, 9.17) is 9.84 Å². The van der Waals surface area contributed by atoms with Crippen molar-refractivity contribution in [2.45, 2.75) is 39.9 Å². The molecule has 4 rings (SSSR count). The van der Waals surface area contributed by atoms with Gasteiger partial charge in [0.05, 0.1) is 23.6 Å². The predicted octanol–water partition coefficient (Wildman–Crippen LogP) is 4.41. The summed E-state index contributed by atoms with van der Waals surface area (Å²) in [6, 6.07) is 18.0. The lowest BCUT2D eigenvalue weighted by Crippen LogP contribution is -2.48. The third kappa shape index (κ3) is 3.96. The Morgan fingerprint density at radius 2 is 1.66 bits per heavy atom. The van der Waals surface area contributed by atoms with Gasteiger partial charge in [-0.3, -0.25) is 4.79 Å². The lowest BCUT2D eigenvalue weighted by atomic mass is 10.0. The van der Waals surface area contributed by atoms with Crippen molar-refractivity contribution in [3.05, 3.63) is 71.4 Å². The van der Waals surface area contributed by atoms with Gasteiger partial charge in [-0.1, -0.05) is 30.3 Å². The molecule has 0 saturated carbocycles. The number of carbonyl (C=O) groups is 1. The van der Waals surface area contributed by atoms with Gasteiger partial charge in [-0.05, 0) is 63.1 Å². The zero-order valence-electron chi connectivity index (χ0n) is 17.4. The van der Waals surface area contributed by atoms with Gasteiger partial charge in [-0.2, -0.15) is 5.10 Å². The van der Waals surface area contributed by atoms with E-state index in [9.17, 15) is 4.79 Å². The van der Waals surface area contributed by atoms with Crippen LogP contribution in [0.15, 0.2) is 54.6 Å². The van der Waals surface area contributed by atoms with Crippen molar-refractivity contribution in [2.24, 2.45) is 0 Å². The molecule has 0 bridgehead atoms. The number of amides is 1. The maximum atomic E-state index is 13.5. The molecule has 1 aliphatic rings. The fourth-order valence-electron chi connectivity index (χ4n) is 3.85. The fourth-order valence-corrected chi connectivity index (χ4v) is 3.85. The standard InChI is InChI=1S/C24H27N3O2/c1-16-10-11-20(12-17(16)2)22-13-23(27(25-22)21-8-6-5-7-9-21)24(28)26-14-18(3)29-19(4)15-26/h5-13,18-19H,14-15H2,1-4H3. The summed E-state index contributed by atoms with van der Waals surface area (Å²) in [5.41, 5.74) is 5.71. The summed E-state index contributed by atoms with van der Waals surface area (Å²) < 4.78 is 7.56. The Bertz CT molecular complexity index is 1020. The summed E-state index contributed by atoms with van der Waals surface area (Å²) in [4.78, 5) is 15.3. The molecule has 1 fully saturated rings. The van der Waals surface area contributed by atoms with Gasteiger partial charge in [-0.25, -0.2) is 4.68 Å². The first-order valence-electron chi connectivity index (χ1n) is 10.1. The molecule has 150 valence electrons. The van der Waals surface area contributed by atoms with Crippen molar-refractivity contribution in [1.29, 1.82) is 0 Å². The Morgan fingerprint density at radius 1 is 0.966 bits per heavy atom. The Hall–Kier alpha value is -2.92. The number of rotatable bonds is 3. The van der Waals surface area contributed by atoms with Gasteiger partial charge >= 0.3 is 0 Å². The number of benzene rings is 2. The molecule has 2 unspecified atom stereocenters.